The number of hydrogen-bond acceptors (Lipinski definition) is 8. The van der Waals surface area contributed by atoms with E-state index in [1.165, 1.54) is 6.20 Å². The number of hydrazone groups is 2. The Hall–Kier alpha value is -3.57. The number of aryl methyl sites for hydroxylation is 1. The van der Waals surface area contributed by atoms with Gasteiger partial charge in [0.2, 0.25) is 0 Å². The number of urea groups is 1. The van der Waals surface area contributed by atoms with Gasteiger partial charge in [0.05, 0.1) is 40.2 Å². The van der Waals surface area contributed by atoms with Crippen molar-refractivity contribution in [3.8, 4) is 0 Å². The molecule has 0 saturated heterocycles. The molecule has 0 radical (unpaired) electrons. The van der Waals surface area contributed by atoms with Gasteiger partial charge >= 0.3 is 6.03 Å². The molecule has 3 aromatic heterocycles. The molecular weight excluding hydrogens is 446 g/mol. The van der Waals surface area contributed by atoms with Crippen molar-refractivity contribution >= 4 is 53.9 Å². The maximum absolute atomic E-state index is 13.1. The highest BCUT2D eigenvalue weighted by Gasteiger charge is 2.37. The molecular formula is C21H26ClN9O2. The lowest BCUT2D eigenvalue weighted by Crippen LogP contribution is -2.44. The van der Waals surface area contributed by atoms with E-state index in [0.717, 1.165) is 41.4 Å². The molecule has 0 bridgehead atoms. The van der Waals surface area contributed by atoms with Gasteiger partial charge in [-0.05, 0) is 19.4 Å². The molecule has 11 nitrogen and oxygen atoms in total. The van der Waals surface area contributed by atoms with Gasteiger partial charge in [0.15, 0.2) is 11.5 Å². The number of carbonyl (C=O) groups is 1. The van der Waals surface area contributed by atoms with Gasteiger partial charge in [0, 0.05) is 38.6 Å². The maximum Gasteiger partial charge on any atom is 0.326 e. The summed E-state index contributed by atoms with van der Waals surface area (Å²) in [6.45, 7) is 13.5. The molecule has 174 valence electrons. The third kappa shape index (κ3) is 4.50. The molecule has 0 atom stereocenters. The number of rotatable bonds is 4. The topological polar surface area (TPSA) is 124 Å². The molecule has 33 heavy (non-hydrogen) atoms. The van der Waals surface area contributed by atoms with Crippen LogP contribution in [0.4, 0.5) is 22.0 Å². The average molecular weight is 472 g/mol. The van der Waals surface area contributed by atoms with Crippen LogP contribution in [0, 0.1) is 6.92 Å². The number of aliphatic hydroxyl groups is 1. The van der Waals surface area contributed by atoms with Gasteiger partial charge < -0.3 is 10.4 Å². The molecule has 2 amide bonds. The predicted molar refractivity (Wildman–Crippen MR) is 131 cm³/mol. The number of halogens is 1. The molecule has 0 unspecified atom stereocenters. The Morgan fingerprint density at radius 2 is 1.94 bits per heavy atom. The second-order valence-electron chi connectivity index (χ2n) is 7.87. The van der Waals surface area contributed by atoms with Gasteiger partial charge in [0.25, 0.3) is 0 Å². The smallest absolute Gasteiger partial charge is 0.326 e. The van der Waals surface area contributed by atoms with Crippen LogP contribution < -0.4 is 15.3 Å². The first kappa shape index (κ1) is 24.1. The third-order valence-electron chi connectivity index (χ3n) is 5.25. The molecule has 4 rings (SSSR count). The van der Waals surface area contributed by atoms with Gasteiger partial charge in [-0.3, -0.25) is 4.90 Å². The fourth-order valence-corrected chi connectivity index (χ4v) is 3.97. The van der Waals surface area contributed by atoms with Crippen molar-refractivity contribution in [3.63, 3.8) is 0 Å². The van der Waals surface area contributed by atoms with E-state index in [2.05, 4.69) is 57.9 Å². The number of aliphatic hydroxyl groups excluding tert-OH is 1. The first-order valence-corrected chi connectivity index (χ1v) is 10.4. The van der Waals surface area contributed by atoms with Crippen molar-refractivity contribution in [3.05, 3.63) is 40.9 Å². The summed E-state index contributed by atoms with van der Waals surface area (Å²) in [6, 6.07) is 3.18. The van der Waals surface area contributed by atoms with E-state index in [1.807, 2.05) is 17.5 Å². The number of aromatic nitrogens is 4. The number of fused-ring (bicyclic) bond motifs is 3. The number of amides is 2. The minimum atomic E-state index is -0.312. The molecule has 0 fully saturated rings. The molecule has 0 spiro atoms. The predicted octanol–water partition coefficient (Wildman–Crippen LogP) is 3.45. The summed E-state index contributed by atoms with van der Waals surface area (Å²) in [5, 5.41) is 23.1. The van der Waals surface area contributed by atoms with Crippen molar-refractivity contribution in [1.29, 1.82) is 0 Å². The van der Waals surface area contributed by atoms with Crippen LogP contribution in [0.25, 0.3) is 5.65 Å². The normalized spacial score (nSPS) is 14.1. The number of nitrogens with one attached hydrogen (secondary N) is 1. The first-order chi connectivity index (χ1) is 15.7. The van der Waals surface area contributed by atoms with E-state index in [9.17, 15) is 4.79 Å². The molecule has 12 heteroatoms. The van der Waals surface area contributed by atoms with Crippen LogP contribution in [0.5, 0.6) is 0 Å². The minimum Gasteiger partial charge on any atom is -0.400 e. The van der Waals surface area contributed by atoms with Crippen LogP contribution in [-0.2, 0) is 5.41 Å². The van der Waals surface area contributed by atoms with Crippen molar-refractivity contribution in [1.82, 2.24) is 19.6 Å². The summed E-state index contributed by atoms with van der Waals surface area (Å²) in [6.07, 6.45) is 3.97. The third-order valence-corrected chi connectivity index (χ3v) is 5.53. The van der Waals surface area contributed by atoms with Crippen molar-refractivity contribution in [2.45, 2.75) is 32.6 Å². The summed E-state index contributed by atoms with van der Waals surface area (Å²) in [5.41, 5.74) is 3.56. The van der Waals surface area contributed by atoms with Gasteiger partial charge in [-0.2, -0.15) is 15.3 Å². The van der Waals surface area contributed by atoms with E-state index < -0.39 is 0 Å². The van der Waals surface area contributed by atoms with Crippen LogP contribution in [0.2, 0.25) is 5.02 Å². The lowest BCUT2D eigenvalue weighted by Gasteiger charge is -2.38. The highest BCUT2D eigenvalue weighted by Crippen LogP contribution is 2.39. The highest BCUT2D eigenvalue weighted by molar-refractivity contribution is 6.33. The maximum atomic E-state index is 13.1. The van der Waals surface area contributed by atoms with Crippen molar-refractivity contribution in [2.75, 3.05) is 29.0 Å². The SMILES string of the molecule is C=NN(N=C)c1ncc(NC(=O)N2CCC(C)(C)c3c2cnc2cc(C)nn32)cc1Cl.CO. The molecule has 0 aromatic carbocycles. The molecule has 1 aliphatic heterocycles. The Balaban J connectivity index is 0.00000149. The second kappa shape index (κ2) is 9.51. The molecule has 4 heterocycles. The Bertz CT molecular complexity index is 1200. The number of hydrogen-bond donors (Lipinski definition) is 2. The van der Waals surface area contributed by atoms with Crippen LogP contribution in [-0.4, -0.2) is 57.8 Å². The molecule has 0 saturated carbocycles. The summed E-state index contributed by atoms with van der Waals surface area (Å²) in [5.74, 6) is 0.260. The fraction of sp³-hybridized carbons (Fsp3) is 0.333. The zero-order valence-corrected chi connectivity index (χ0v) is 19.7. The number of pyridine rings is 1. The molecule has 3 aromatic rings. The summed E-state index contributed by atoms with van der Waals surface area (Å²) in [7, 11) is 1.00. The van der Waals surface area contributed by atoms with Gasteiger partial charge in [-0.25, -0.2) is 19.3 Å². The van der Waals surface area contributed by atoms with E-state index in [0.29, 0.717) is 12.2 Å². The lowest BCUT2D eigenvalue weighted by atomic mass is 9.81. The second-order valence-corrected chi connectivity index (χ2v) is 8.27. The van der Waals surface area contributed by atoms with Crippen molar-refractivity contribution < 1.29 is 9.90 Å². The van der Waals surface area contributed by atoms with E-state index in [-0.39, 0.29) is 22.3 Å². The van der Waals surface area contributed by atoms with E-state index in [1.54, 1.807) is 17.2 Å². The monoisotopic (exact) mass is 471 g/mol. The average Bonchev–Trinajstić information content (AvgIpc) is 3.17. The zero-order chi connectivity index (χ0) is 24.3. The van der Waals surface area contributed by atoms with Crippen LogP contribution in [0.15, 0.2) is 34.7 Å². The summed E-state index contributed by atoms with van der Waals surface area (Å²) >= 11 is 6.27. The summed E-state index contributed by atoms with van der Waals surface area (Å²) in [4.78, 5) is 23.5. The molecule has 2 N–H and O–H groups in total. The number of carbonyl (C=O) groups excluding carboxylic acids is 1. The highest BCUT2D eigenvalue weighted by atomic mass is 35.5. The van der Waals surface area contributed by atoms with E-state index in [4.69, 9.17) is 16.7 Å². The Kier molecular flexibility index (Phi) is 6.94. The van der Waals surface area contributed by atoms with E-state index >= 15 is 0 Å². The number of nitrogens with zero attached hydrogens (tertiary/aromatic N) is 8. The van der Waals surface area contributed by atoms with Crippen molar-refractivity contribution in [2.24, 2.45) is 10.2 Å². The fourth-order valence-electron chi connectivity index (χ4n) is 3.73. The quantitative estimate of drug-likeness (QED) is 0.443. The van der Waals surface area contributed by atoms with Gasteiger partial charge in [-0.15, -0.1) is 5.12 Å². The minimum absolute atomic E-state index is 0.170. The largest absolute Gasteiger partial charge is 0.400 e. The summed E-state index contributed by atoms with van der Waals surface area (Å²) < 4.78 is 1.83. The van der Waals surface area contributed by atoms with Crippen LogP contribution >= 0.6 is 11.6 Å². The van der Waals surface area contributed by atoms with Crippen LogP contribution in [0.1, 0.15) is 31.7 Å². The zero-order valence-electron chi connectivity index (χ0n) is 18.9. The van der Waals surface area contributed by atoms with Gasteiger partial charge in [0.1, 0.15) is 0 Å². The van der Waals surface area contributed by atoms with Crippen LogP contribution in [0.3, 0.4) is 0 Å². The Morgan fingerprint density at radius 1 is 1.24 bits per heavy atom. The molecule has 0 aliphatic carbocycles. The van der Waals surface area contributed by atoms with Gasteiger partial charge in [-0.1, -0.05) is 25.4 Å². The number of anilines is 3. The first-order valence-electron chi connectivity index (χ1n) is 10.0. The standard InChI is InChI=1S/C20H22ClN9O.CH4O/c1-12-8-16-24-11-15-17(29(16)27-12)20(2,3)6-7-28(15)19(31)26-13-9-14(21)18(25-10-13)30(22-4)23-5;1-2/h8-11H,4-7H2,1-3H3,(H,26,31);2H,1H3. The Labute approximate surface area is 196 Å². The lowest BCUT2D eigenvalue weighted by molar-refractivity contribution is 0.255. The molecule has 1 aliphatic rings. The Morgan fingerprint density at radius 3 is 2.58 bits per heavy atom.